The third kappa shape index (κ3) is 5.06. The molecule has 0 atom stereocenters. The summed E-state index contributed by atoms with van der Waals surface area (Å²) in [4.78, 5) is 21.8. The number of carbonyl (C=O) groups excluding carboxylic acids is 1. The molecule has 0 unspecified atom stereocenters. The Balaban J connectivity index is 1.50. The maximum Gasteiger partial charge on any atom is 0.227 e. The van der Waals surface area contributed by atoms with Gasteiger partial charge < -0.3 is 4.90 Å². The number of rotatable bonds is 6. The van der Waals surface area contributed by atoms with Crippen LogP contribution in [0.1, 0.15) is 17.7 Å². The summed E-state index contributed by atoms with van der Waals surface area (Å²) in [6, 6.07) is 14.0. The van der Waals surface area contributed by atoms with Crippen molar-refractivity contribution in [2.75, 3.05) is 26.4 Å². The fraction of sp³-hybridized carbons (Fsp3) is 0.364. The molecule has 9 heteroatoms. The third-order valence-electron chi connectivity index (χ3n) is 5.64. The zero-order valence-corrected chi connectivity index (χ0v) is 20.0. The Kier molecular flexibility index (Phi) is 6.57. The van der Waals surface area contributed by atoms with Crippen LogP contribution < -0.4 is 0 Å². The van der Waals surface area contributed by atoms with Gasteiger partial charge in [0.25, 0.3) is 0 Å². The molecule has 0 N–H and O–H groups in total. The van der Waals surface area contributed by atoms with Gasteiger partial charge in [-0.3, -0.25) is 4.79 Å². The number of piperidine rings is 1. The van der Waals surface area contributed by atoms with E-state index < -0.39 is 10.0 Å². The summed E-state index contributed by atoms with van der Waals surface area (Å²) in [5, 5.41) is 2.94. The second-order valence-electron chi connectivity index (χ2n) is 7.70. The van der Waals surface area contributed by atoms with Crippen molar-refractivity contribution >= 4 is 38.6 Å². The molecule has 164 valence electrons. The van der Waals surface area contributed by atoms with Crippen LogP contribution in [0.15, 0.2) is 47.8 Å². The molecule has 3 heterocycles. The van der Waals surface area contributed by atoms with Crippen molar-refractivity contribution in [1.29, 1.82) is 0 Å². The number of amides is 1. The zero-order chi connectivity index (χ0) is 22.0. The standard InChI is InChI=1S/C22H25N3O3S3/c1-24(31(2,27)28)17-10-12-25(13-11-17)20(26)15-19-21(18-9-6-14-29-18)23-22(30-19)16-7-4-3-5-8-16/h3-9,14,17H,10-13,15H2,1-2H3. The molecule has 1 amide bonds. The lowest BCUT2D eigenvalue weighted by atomic mass is 10.0. The van der Waals surface area contributed by atoms with Crippen molar-refractivity contribution in [2.24, 2.45) is 0 Å². The van der Waals surface area contributed by atoms with Crippen molar-refractivity contribution in [2.45, 2.75) is 25.3 Å². The van der Waals surface area contributed by atoms with Crippen molar-refractivity contribution in [1.82, 2.24) is 14.2 Å². The second-order valence-corrected chi connectivity index (χ2v) is 11.8. The van der Waals surface area contributed by atoms with E-state index in [-0.39, 0.29) is 11.9 Å². The van der Waals surface area contributed by atoms with Gasteiger partial charge in [0.05, 0.1) is 23.2 Å². The number of hydrogen-bond donors (Lipinski definition) is 0. The van der Waals surface area contributed by atoms with Crippen LogP contribution in [-0.4, -0.2) is 60.9 Å². The number of thiophene rings is 1. The average Bonchev–Trinajstić information content (AvgIpc) is 3.43. The highest BCUT2D eigenvalue weighted by molar-refractivity contribution is 7.88. The predicted molar refractivity (Wildman–Crippen MR) is 127 cm³/mol. The van der Waals surface area contributed by atoms with E-state index >= 15 is 0 Å². The number of thiazole rings is 1. The molecule has 0 bridgehead atoms. The van der Waals surface area contributed by atoms with Gasteiger partial charge in [0, 0.05) is 36.6 Å². The van der Waals surface area contributed by atoms with Crippen LogP contribution in [0.25, 0.3) is 21.1 Å². The fourth-order valence-corrected chi connectivity index (χ4v) is 6.41. The Hall–Kier alpha value is -2.07. The Labute approximate surface area is 191 Å². The number of hydrogen-bond acceptors (Lipinski definition) is 6. The molecular formula is C22H25N3O3S3. The molecule has 0 aliphatic carbocycles. The van der Waals surface area contributed by atoms with Gasteiger partial charge in [0.15, 0.2) is 0 Å². The molecule has 0 radical (unpaired) electrons. The molecule has 0 spiro atoms. The van der Waals surface area contributed by atoms with Gasteiger partial charge in [0.2, 0.25) is 15.9 Å². The lowest BCUT2D eigenvalue weighted by molar-refractivity contribution is -0.131. The van der Waals surface area contributed by atoms with Crippen LogP contribution in [0.2, 0.25) is 0 Å². The van der Waals surface area contributed by atoms with E-state index in [2.05, 4.69) is 0 Å². The maximum absolute atomic E-state index is 13.1. The van der Waals surface area contributed by atoms with Gasteiger partial charge in [0.1, 0.15) is 5.01 Å². The van der Waals surface area contributed by atoms with Crippen molar-refractivity contribution < 1.29 is 13.2 Å². The monoisotopic (exact) mass is 475 g/mol. The highest BCUT2D eigenvalue weighted by Crippen LogP contribution is 2.36. The Morgan fingerprint density at radius 3 is 2.48 bits per heavy atom. The predicted octanol–water partition coefficient (Wildman–Crippen LogP) is 3.96. The fourth-order valence-electron chi connectivity index (χ4n) is 3.78. The number of likely N-dealkylation sites (tertiary alicyclic amines) is 1. The first kappa shape index (κ1) is 22.1. The number of sulfonamides is 1. The van der Waals surface area contributed by atoms with Crippen molar-refractivity contribution in [3.63, 3.8) is 0 Å². The van der Waals surface area contributed by atoms with E-state index in [0.29, 0.717) is 32.4 Å². The number of carbonyl (C=O) groups is 1. The highest BCUT2D eigenvalue weighted by Gasteiger charge is 2.29. The van der Waals surface area contributed by atoms with Crippen LogP contribution in [0.4, 0.5) is 0 Å². The minimum atomic E-state index is -3.22. The summed E-state index contributed by atoms with van der Waals surface area (Å²) in [6.07, 6.45) is 2.85. The van der Waals surface area contributed by atoms with Gasteiger partial charge in [-0.1, -0.05) is 36.4 Å². The van der Waals surface area contributed by atoms with Crippen LogP contribution >= 0.6 is 22.7 Å². The molecule has 1 aliphatic rings. The summed E-state index contributed by atoms with van der Waals surface area (Å²) in [6.45, 7) is 1.14. The molecule has 1 aliphatic heterocycles. The minimum absolute atomic E-state index is 0.0474. The lowest BCUT2D eigenvalue weighted by Gasteiger charge is -2.35. The van der Waals surface area contributed by atoms with Crippen molar-refractivity contribution in [3.8, 4) is 21.1 Å². The molecule has 6 nitrogen and oxygen atoms in total. The van der Waals surface area contributed by atoms with Crippen LogP contribution in [-0.2, 0) is 21.2 Å². The number of nitrogens with zero attached hydrogens (tertiary/aromatic N) is 3. The topological polar surface area (TPSA) is 70.6 Å². The molecule has 1 saturated heterocycles. The van der Waals surface area contributed by atoms with E-state index in [1.54, 1.807) is 29.7 Å². The molecule has 1 aromatic carbocycles. The minimum Gasteiger partial charge on any atom is -0.342 e. The SMILES string of the molecule is CN(C1CCN(C(=O)Cc2sc(-c3ccccc3)nc2-c2cccs2)CC1)S(C)(=O)=O. The summed E-state index contributed by atoms with van der Waals surface area (Å²) < 4.78 is 25.0. The molecular weight excluding hydrogens is 450 g/mol. The van der Waals surface area contributed by atoms with E-state index in [1.807, 2.05) is 52.7 Å². The largest absolute Gasteiger partial charge is 0.342 e. The highest BCUT2D eigenvalue weighted by atomic mass is 32.2. The van der Waals surface area contributed by atoms with Crippen LogP contribution in [0.5, 0.6) is 0 Å². The van der Waals surface area contributed by atoms with Gasteiger partial charge in [-0.25, -0.2) is 17.7 Å². The summed E-state index contributed by atoms with van der Waals surface area (Å²) in [5.74, 6) is 0.0709. The average molecular weight is 476 g/mol. The smallest absolute Gasteiger partial charge is 0.227 e. The first-order valence-corrected chi connectivity index (χ1v) is 13.7. The van der Waals surface area contributed by atoms with E-state index in [0.717, 1.165) is 26.0 Å². The lowest BCUT2D eigenvalue weighted by Crippen LogP contribution is -2.47. The number of benzene rings is 1. The molecule has 3 aromatic rings. The molecule has 31 heavy (non-hydrogen) atoms. The Bertz CT molecular complexity index is 1130. The van der Waals surface area contributed by atoms with Gasteiger partial charge in [-0.15, -0.1) is 22.7 Å². The summed E-state index contributed by atoms with van der Waals surface area (Å²) >= 11 is 3.20. The molecule has 4 rings (SSSR count). The quantitative estimate of drug-likeness (QED) is 0.541. The van der Waals surface area contributed by atoms with Crippen LogP contribution in [0.3, 0.4) is 0 Å². The molecule has 2 aromatic heterocycles. The normalized spacial score (nSPS) is 15.5. The summed E-state index contributed by atoms with van der Waals surface area (Å²) in [5.41, 5.74) is 1.94. The van der Waals surface area contributed by atoms with Crippen molar-refractivity contribution in [3.05, 3.63) is 52.7 Å². The van der Waals surface area contributed by atoms with Gasteiger partial charge in [-0.05, 0) is 24.3 Å². The Morgan fingerprint density at radius 1 is 1.16 bits per heavy atom. The second kappa shape index (κ2) is 9.20. The van der Waals surface area contributed by atoms with Crippen LogP contribution in [0, 0.1) is 0 Å². The molecule has 0 saturated carbocycles. The van der Waals surface area contributed by atoms with Gasteiger partial charge >= 0.3 is 0 Å². The summed E-state index contributed by atoms with van der Waals surface area (Å²) in [7, 11) is -1.60. The maximum atomic E-state index is 13.1. The zero-order valence-electron chi connectivity index (χ0n) is 17.5. The first-order chi connectivity index (χ1) is 14.8. The first-order valence-electron chi connectivity index (χ1n) is 10.1. The van der Waals surface area contributed by atoms with E-state index in [4.69, 9.17) is 4.98 Å². The van der Waals surface area contributed by atoms with E-state index in [1.165, 1.54) is 10.6 Å². The van der Waals surface area contributed by atoms with Gasteiger partial charge in [-0.2, -0.15) is 0 Å². The Morgan fingerprint density at radius 2 is 1.87 bits per heavy atom. The third-order valence-corrected chi connectivity index (χ3v) is 8.96. The number of aromatic nitrogens is 1. The molecule has 1 fully saturated rings. The van der Waals surface area contributed by atoms with E-state index in [9.17, 15) is 13.2 Å².